The van der Waals surface area contributed by atoms with Gasteiger partial charge in [-0.3, -0.25) is 0 Å². The van der Waals surface area contributed by atoms with Crippen molar-refractivity contribution >= 4 is 5.97 Å². The molecule has 7 heteroatoms. The summed E-state index contributed by atoms with van der Waals surface area (Å²) in [5.41, 5.74) is -1.41. The monoisotopic (exact) mass is 237 g/mol. The van der Waals surface area contributed by atoms with E-state index in [0.717, 1.165) is 13.2 Å². The Bertz CT molecular complexity index is 452. The molecule has 0 amide bonds. The van der Waals surface area contributed by atoms with E-state index in [4.69, 9.17) is 0 Å². The number of fused-ring (bicyclic) bond motifs is 1. The Kier molecular flexibility index (Phi) is 2.05. The van der Waals surface area contributed by atoms with Crippen LogP contribution < -0.4 is 0 Å². The van der Waals surface area contributed by atoms with E-state index in [1.807, 2.05) is 4.98 Å². The Balaban J connectivity index is 2.46. The van der Waals surface area contributed by atoms with Crippen LogP contribution in [-0.2, 0) is 17.1 Å². The molecule has 0 bridgehead atoms. The van der Waals surface area contributed by atoms with Crippen LogP contribution in [0.3, 0.4) is 0 Å². The second-order valence-electron chi connectivity index (χ2n) is 3.53. The van der Waals surface area contributed by atoms with E-state index in [-0.39, 0.29) is 11.3 Å². The fourth-order valence-corrected chi connectivity index (χ4v) is 1.67. The largest absolute Gasteiger partial charge is 0.464 e. The fourth-order valence-electron chi connectivity index (χ4n) is 1.67. The molecule has 0 aromatic carbocycles. The predicted octanol–water partition coefficient (Wildman–Crippen LogP) is 2.08. The van der Waals surface area contributed by atoms with Gasteiger partial charge in [0.25, 0.3) is 0 Å². The third kappa shape index (κ3) is 1.23. The van der Waals surface area contributed by atoms with Gasteiger partial charge in [0, 0.05) is 6.42 Å². The van der Waals surface area contributed by atoms with E-state index in [0.29, 0.717) is 0 Å². The van der Waals surface area contributed by atoms with Crippen molar-refractivity contribution in [3.63, 3.8) is 0 Å². The molecule has 1 aliphatic rings. The van der Waals surface area contributed by atoms with Gasteiger partial charge in [0.2, 0.25) is 0 Å². The number of rotatable bonds is 1. The predicted molar refractivity (Wildman–Crippen MR) is 44.7 cm³/mol. The summed E-state index contributed by atoms with van der Waals surface area (Å²) in [5, 5.41) is 0. The SMILES string of the molecule is COC(=O)c1cc2c([nH]1)C(F)(F)C(F)(F)C2. The number of nitrogens with one attached hydrogen (secondary N) is 1. The van der Waals surface area contributed by atoms with E-state index in [1.54, 1.807) is 0 Å². The van der Waals surface area contributed by atoms with Gasteiger partial charge in [-0.2, -0.15) is 17.6 Å². The lowest BCUT2D eigenvalue weighted by Crippen LogP contribution is -2.34. The average Bonchev–Trinajstić information content (AvgIpc) is 2.65. The number of halogens is 4. The van der Waals surface area contributed by atoms with Crippen LogP contribution in [0.25, 0.3) is 0 Å². The normalized spacial score (nSPS) is 20.6. The number of ether oxygens (including phenoxy) is 1. The summed E-state index contributed by atoms with van der Waals surface area (Å²) < 4.78 is 56.4. The summed E-state index contributed by atoms with van der Waals surface area (Å²) in [6.45, 7) is 0. The molecule has 0 saturated heterocycles. The Morgan fingerprint density at radius 1 is 1.44 bits per heavy atom. The number of carbonyl (C=O) groups is 1. The van der Waals surface area contributed by atoms with Crippen LogP contribution in [0.2, 0.25) is 0 Å². The van der Waals surface area contributed by atoms with Crippen molar-refractivity contribution in [2.75, 3.05) is 7.11 Å². The molecule has 0 radical (unpaired) electrons. The molecule has 0 atom stereocenters. The van der Waals surface area contributed by atoms with Gasteiger partial charge in [0.15, 0.2) is 0 Å². The lowest BCUT2D eigenvalue weighted by atomic mass is 10.2. The standard InChI is InChI=1S/C9H7F4NO2/c1-16-7(15)5-2-4-3-8(10,11)9(12,13)6(4)14-5/h2,14H,3H2,1H3. The van der Waals surface area contributed by atoms with Crippen LogP contribution in [0.5, 0.6) is 0 Å². The third-order valence-electron chi connectivity index (χ3n) is 2.49. The Morgan fingerprint density at radius 3 is 2.56 bits per heavy atom. The van der Waals surface area contributed by atoms with Crippen molar-refractivity contribution in [2.24, 2.45) is 0 Å². The molecule has 3 nitrogen and oxygen atoms in total. The number of alkyl halides is 4. The summed E-state index contributed by atoms with van der Waals surface area (Å²) >= 11 is 0. The molecular formula is C9H7F4NO2. The molecule has 0 unspecified atom stereocenters. The van der Waals surface area contributed by atoms with Crippen LogP contribution in [0, 0.1) is 0 Å². The topological polar surface area (TPSA) is 42.1 Å². The number of carbonyl (C=O) groups excluding carboxylic acids is 1. The first-order chi connectivity index (χ1) is 7.29. The summed E-state index contributed by atoms with van der Waals surface area (Å²) in [4.78, 5) is 13.0. The lowest BCUT2D eigenvalue weighted by Gasteiger charge is -2.18. The molecule has 88 valence electrons. The molecule has 1 aliphatic carbocycles. The smallest absolute Gasteiger partial charge is 0.354 e. The highest BCUT2D eigenvalue weighted by Crippen LogP contribution is 2.51. The minimum atomic E-state index is -4.27. The number of hydrogen-bond donors (Lipinski definition) is 1. The Morgan fingerprint density at radius 2 is 2.06 bits per heavy atom. The molecule has 1 aromatic rings. The van der Waals surface area contributed by atoms with E-state index in [2.05, 4.69) is 4.74 Å². The minimum absolute atomic E-state index is 0.248. The van der Waals surface area contributed by atoms with Gasteiger partial charge in [0.1, 0.15) is 5.69 Å². The molecular weight excluding hydrogens is 230 g/mol. The highest BCUT2D eigenvalue weighted by molar-refractivity contribution is 5.88. The highest BCUT2D eigenvalue weighted by Gasteiger charge is 2.64. The zero-order chi connectivity index (χ0) is 12.1. The molecule has 2 rings (SSSR count). The summed E-state index contributed by atoms with van der Waals surface area (Å²) in [7, 11) is 1.07. The summed E-state index contributed by atoms with van der Waals surface area (Å²) in [6.07, 6.45) is -1.08. The summed E-state index contributed by atoms with van der Waals surface area (Å²) in [5.74, 6) is -9.24. The number of H-pyrrole nitrogens is 1. The second-order valence-corrected chi connectivity index (χ2v) is 3.53. The number of hydrogen-bond acceptors (Lipinski definition) is 2. The Labute approximate surface area is 87.4 Å². The average molecular weight is 237 g/mol. The maximum absolute atomic E-state index is 13.2. The number of aromatic nitrogens is 1. The molecule has 0 saturated carbocycles. The zero-order valence-electron chi connectivity index (χ0n) is 8.11. The van der Waals surface area contributed by atoms with Crippen LogP contribution in [-0.4, -0.2) is 24.0 Å². The lowest BCUT2D eigenvalue weighted by molar-refractivity contribution is -0.204. The van der Waals surface area contributed by atoms with Gasteiger partial charge in [-0.25, -0.2) is 4.79 Å². The van der Waals surface area contributed by atoms with Gasteiger partial charge in [0.05, 0.1) is 12.8 Å². The van der Waals surface area contributed by atoms with Gasteiger partial charge in [-0.05, 0) is 11.6 Å². The van der Waals surface area contributed by atoms with Gasteiger partial charge in [-0.15, -0.1) is 0 Å². The van der Waals surface area contributed by atoms with Gasteiger partial charge >= 0.3 is 17.8 Å². The minimum Gasteiger partial charge on any atom is -0.464 e. The van der Waals surface area contributed by atoms with Crippen molar-refractivity contribution < 1.29 is 27.1 Å². The van der Waals surface area contributed by atoms with Crippen molar-refractivity contribution in [3.8, 4) is 0 Å². The summed E-state index contributed by atoms with van der Waals surface area (Å²) in [6, 6.07) is 0.968. The van der Waals surface area contributed by atoms with Crippen molar-refractivity contribution in [2.45, 2.75) is 18.3 Å². The quantitative estimate of drug-likeness (QED) is 0.600. The Hall–Kier alpha value is -1.53. The molecule has 0 spiro atoms. The molecule has 0 fully saturated rings. The zero-order valence-corrected chi connectivity index (χ0v) is 8.11. The molecule has 1 aromatic heterocycles. The first-order valence-corrected chi connectivity index (χ1v) is 4.36. The van der Waals surface area contributed by atoms with Crippen LogP contribution >= 0.6 is 0 Å². The number of esters is 1. The van der Waals surface area contributed by atoms with Crippen molar-refractivity contribution in [3.05, 3.63) is 23.0 Å². The maximum Gasteiger partial charge on any atom is 0.354 e. The molecule has 16 heavy (non-hydrogen) atoms. The third-order valence-corrected chi connectivity index (χ3v) is 2.49. The number of aromatic amines is 1. The highest BCUT2D eigenvalue weighted by atomic mass is 19.3. The van der Waals surface area contributed by atoms with E-state index >= 15 is 0 Å². The van der Waals surface area contributed by atoms with Gasteiger partial charge in [-0.1, -0.05) is 0 Å². The maximum atomic E-state index is 13.2. The van der Waals surface area contributed by atoms with E-state index in [1.165, 1.54) is 0 Å². The molecule has 1 heterocycles. The number of methoxy groups -OCH3 is 1. The molecule has 0 aliphatic heterocycles. The van der Waals surface area contributed by atoms with Crippen LogP contribution in [0.15, 0.2) is 6.07 Å². The van der Waals surface area contributed by atoms with Crippen molar-refractivity contribution in [1.29, 1.82) is 0 Å². The van der Waals surface area contributed by atoms with Crippen LogP contribution in [0.1, 0.15) is 21.7 Å². The first kappa shape index (κ1) is 11.0. The van der Waals surface area contributed by atoms with Crippen LogP contribution in [0.4, 0.5) is 17.6 Å². The van der Waals surface area contributed by atoms with Gasteiger partial charge < -0.3 is 9.72 Å². The molecule has 1 N–H and O–H groups in total. The second kappa shape index (κ2) is 2.99. The van der Waals surface area contributed by atoms with E-state index in [9.17, 15) is 22.4 Å². The van der Waals surface area contributed by atoms with E-state index < -0.39 is 29.9 Å². The van der Waals surface area contributed by atoms with Crippen molar-refractivity contribution in [1.82, 2.24) is 4.98 Å². The fraction of sp³-hybridized carbons (Fsp3) is 0.444. The first-order valence-electron chi connectivity index (χ1n) is 4.36.